The van der Waals surface area contributed by atoms with E-state index in [4.69, 9.17) is 31.3 Å². The van der Waals surface area contributed by atoms with Gasteiger partial charge in [-0.05, 0) is 74.0 Å². The van der Waals surface area contributed by atoms with Gasteiger partial charge in [-0.2, -0.15) is 0 Å². The van der Waals surface area contributed by atoms with Crippen molar-refractivity contribution in [2.45, 2.75) is 102 Å². The summed E-state index contributed by atoms with van der Waals surface area (Å²) in [5, 5.41) is 14.8. The van der Waals surface area contributed by atoms with Crippen molar-refractivity contribution >= 4 is 11.9 Å². The predicted octanol–water partition coefficient (Wildman–Crippen LogP) is 6.19. The van der Waals surface area contributed by atoms with Crippen molar-refractivity contribution < 1.29 is 40.2 Å². The standard InChI is InChI=1S/2C10H16N.2C2H4O2.Pd/c2*11-10-4-7-1-8(5-10)3-9(2-7)6-10;2*1-2(3)4;/h2*7-9,11H,1-6H2;2*1H3,(H,3,4);/q2*-1;;;+2. The van der Waals surface area contributed by atoms with Gasteiger partial charge in [0.15, 0.2) is 0 Å². The number of hydrogen-bond donors (Lipinski definition) is 2. The molecule has 8 aliphatic rings. The van der Waals surface area contributed by atoms with Crippen molar-refractivity contribution in [1.29, 1.82) is 0 Å². The Kier molecular flexibility index (Phi) is 9.18. The number of rotatable bonds is 0. The fourth-order valence-corrected chi connectivity index (χ4v) is 8.22. The molecule has 0 spiro atoms. The van der Waals surface area contributed by atoms with Crippen LogP contribution >= 0.6 is 0 Å². The molecule has 180 valence electrons. The average molecular weight is 527 g/mol. The monoisotopic (exact) mass is 526 g/mol. The van der Waals surface area contributed by atoms with Crippen molar-refractivity contribution in [3.8, 4) is 0 Å². The van der Waals surface area contributed by atoms with Crippen molar-refractivity contribution in [2.75, 3.05) is 0 Å². The van der Waals surface area contributed by atoms with Gasteiger partial charge in [-0.15, -0.1) is 11.1 Å². The van der Waals surface area contributed by atoms with E-state index in [1.807, 2.05) is 0 Å². The van der Waals surface area contributed by atoms with Gasteiger partial charge < -0.3 is 21.7 Å². The Labute approximate surface area is 200 Å². The molecule has 8 rings (SSSR count). The van der Waals surface area contributed by atoms with Crippen LogP contribution in [0.25, 0.3) is 11.5 Å². The first-order chi connectivity index (χ1) is 13.9. The Hall–Kier alpha value is -0.478. The van der Waals surface area contributed by atoms with E-state index in [0.717, 1.165) is 49.4 Å². The summed E-state index contributed by atoms with van der Waals surface area (Å²) in [6.45, 7) is 2.17. The molecule has 7 heteroatoms. The van der Waals surface area contributed by atoms with Crippen LogP contribution in [0.2, 0.25) is 0 Å². The molecule has 0 unspecified atom stereocenters. The molecule has 0 aromatic carbocycles. The summed E-state index contributed by atoms with van der Waals surface area (Å²) in [5.41, 5.74) is 16.5. The molecule has 0 atom stereocenters. The van der Waals surface area contributed by atoms with Gasteiger partial charge in [0.1, 0.15) is 0 Å². The maximum atomic E-state index is 9.00. The van der Waals surface area contributed by atoms with Crippen molar-refractivity contribution in [3.05, 3.63) is 11.5 Å². The third-order valence-electron chi connectivity index (χ3n) is 8.08. The molecule has 0 aromatic rings. The van der Waals surface area contributed by atoms with E-state index in [2.05, 4.69) is 0 Å². The predicted molar refractivity (Wildman–Crippen MR) is 117 cm³/mol. The Morgan fingerprint density at radius 3 is 0.806 bits per heavy atom. The summed E-state index contributed by atoms with van der Waals surface area (Å²) >= 11 is 0. The van der Waals surface area contributed by atoms with Crippen LogP contribution in [0.3, 0.4) is 0 Å². The molecule has 8 fully saturated rings. The molecule has 0 radical (unpaired) electrons. The maximum absolute atomic E-state index is 9.00. The van der Waals surface area contributed by atoms with E-state index in [-0.39, 0.29) is 31.5 Å². The van der Waals surface area contributed by atoms with Crippen molar-refractivity contribution in [1.82, 2.24) is 0 Å². The van der Waals surface area contributed by atoms with Gasteiger partial charge in [-0.3, -0.25) is 9.59 Å². The Balaban J connectivity index is 0.000000162. The van der Waals surface area contributed by atoms with Gasteiger partial charge in [-0.1, -0.05) is 38.5 Å². The quantitative estimate of drug-likeness (QED) is 0.365. The summed E-state index contributed by atoms with van der Waals surface area (Å²) in [7, 11) is 0. The zero-order valence-electron chi connectivity index (χ0n) is 19.0. The van der Waals surface area contributed by atoms with Gasteiger partial charge >= 0.3 is 20.4 Å². The van der Waals surface area contributed by atoms with Crippen molar-refractivity contribution in [3.63, 3.8) is 0 Å². The number of carbonyl (C=O) groups is 2. The van der Waals surface area contributed by atoms with E-state index in [0.29, 0.717) is 0 Å². The zero-order chi connectivity index (χ0) is 22.1. The Morgan fingerprint density at radius 1 is 0.581 bits per heavy atom. The van der Waals surface area contributed by atoms with Crippen LogP contribution in [0.15, 0.2) is 0 Å². The molecule has 0 saturated heterocycles. The maximum Gasteiger partial charge on any atom is 2.00 e. The molecule has 0 aliphatic heterocycles. The third kappa shape index (κ3) is 7.81. The first-order valence-electron chi connectivity index (χ1n) is 11.8. The number of hydrogen-bond acceptors (Lipinski definition) is 2. The first-order valence-corrected chi connectivity index (χ1v) is 11.8. The minimum atomic E-state index is -0.833. The number of nitrogens with one attached hydrogen (secondary N) is 2. The van der Waals surface area contributed by atoms with E-state index >= 15 is 0 Å². The second-order valence-electron chi connectivity index (χ2n) is 11.4. The molecule has 0 heterocycles. The molecule has 31 heavy (non-hydrogen) atoms. The van der Waals surface area contributed by atoms with Gasteiger partial charge in [0.2, 0.25) is 0 Å². The van der Waals surface area contributed by atoms with Gasteiger partial charge in [0.05, 0.1) is 0 Å². The van der Waals surface area contributed by atoms with E-state index in [1.54, 1.807) is 0 Å². The summed E-state index contributed by atoms with van der Waals surface area (Å²) in [4.78, 5) is 18.0. The summed E-state index contributed by atoms with van der Waals surface area (Å²) in [6.07, 6.45) is 16.2. The SMILES string of the molecule is CC(=O)O.CC(=O)O.[NH-]C12CC3CC(CC(C3)C1)C2.[NH-]C12CC3CC(CC(C3)C1)C2.[Pd+2]. The Bertz CT molecular complexity index is 507. The minimum Gasteiger partial charge on any atom is -0.672 e. The van der Waals surface area contributed by atoms with Gasteiger partial charge in [-0.25, -0.2) is 0 Å². The van der Waals surface area contributed by atoms with Gasteiger partial charge in [0.25, 0.3) is 11.9 Å². The van der Waals surface area contributed by atoms with Crippen LogP contribution in [-0.2, 0) is 30.0 Å². The molecule has 8 aliphatic carbocycles. The van der Waals surface area contributed by atoms with E-state index in [1.165, 1.54) is 77.0 Å². The average Bonchev–Trinajstić information content (AvgIpc) is 2.49. The second kappa shape index (κ2) is 10.6. The van der Waals surface area contributed by atoms with Crippen molar-refractivity contribution in [2.24, 2.45) is 35.5 Å². The largest absolute Gasteiger partial charge is 2.00 e. The smallest absolute Gasteiger partial charge is 0.672 e. The van der Waals surface area contributed by atoms with Crippen LogP contribution in [0.1, 0.15) is 90.9 Å². The summed E-state index contributed by atoms with van der Waals surface area (Å²) in [6, 6.07) is 0. The van der Waals surface area contributed by atoms with Crippen LogP contribution in [0, 0.1) is 35.5 Å². The normalized spacial score (nSPS) is 44.4. The fourth-order valence-electron chi connectivity index (χ4n) is 8.22. The second-order valence-corrected chi connectivity index (χ2v) is 11.4. The van der Waals surface area contributed by atoms with Crippen LogP contribution in [-0.4, -0.2) is 33.2 Å². The topological polar surface area (TPSA) is 122 Å². The van der Waals surface area contributed by atoms with Crippen LogP contribution in [0.5, 0.6) is 0 Å². The molecule has 6 nitrogen and oxygen atoms in total. The Morgan fingerprint density at radius 2 is 0.710 bits per heavy atom. The molecular formula is C24H40N2O4Pd. The van der Waals surface area contributed by atoms with Crippen LogP contribution < -0.4 is 0 Å². The molecule has 0 amide bonds. The number of carboxylic acid groups (broad SMARTS) is 2. The third-order valence-corrected chi connectivity index (χ3v) is 8.08. The summed E-state index contributed by atoms with van der Waals surface area (Å²) in [5.74, 6) is 4.08. The molecular weight excluding hydrogens is 487 g/mol. The minimum absolute atomic E-state index is 0. The van der Waals surface area contributed by atoms with Gasteiger partial charge in [0, 0.05) is 13.8 Å². The number of carboxylic acids is 2. The molecule has 8 bridgehead atoms. The molecule has 8 saturated carbocycles. The first kappa shape index (κ1) is 26.8. The molecule has 4 N–H and O–H groups in total. The number of aliphatic carboxylic acids is 2. The molecule has 0 aromatic heterocycles. The van der Waals surface area contributed by atoms with E-state index < -0.39 is 11.9 Å². The van der Waals surface area contributed by atoms with Crippen LogP contribution in [0.4, 0.5) is 0 Å². The zero-order valence-corrected chi connectivity index (χ0v) is 20.5. The summed E-state index contributed by atoms with van der Waals surface area (Å²) < 4.78 is 0. The fraction of sp³-hybridized carbons (Fsp3) is 0.917. The van der Waals surface area contributed by atoms with E-state index in [9.17, 15) is 0 Å².